The number of fused-ring (bicyclic) bond motifs is 1. The fourth-order valence-corrected chi connectivity index (χ4v) is 4.69. The van der Waals surface area contributed by atoms with Crippen molar-refractivity contribution >= 4 is 44.4 Å². The number of methoxy groups -OCH3 is 1. The Morgan fingerprint density at radius 3 is 2.69 bits per heavy atom. The maximum atomic E-state index is 12.9. The van der Waals surface area contributed by atoms with Gasteiger partial charge in [-0.3, -0.25) is 14.2 Å². The smallest absolute Gasteiger partial charge is 0.262 e. The molecule has 0 N–H and O–H groups in total. The standard InChI is InChI=1S/C21H24BrN3O3S/c1-5-24-20(27)17-11-15(22)6-7-18(17)23-21(24)29-12-19(26)16-10-13(2)25(14(16)3)8-9-28-4/h6-7,10-11H,5,8-9,12H2,1-4H3. The van der Waals surface area contributed by atoms with Gasteiger partial charge in [0, 0.05) is 41.6 Å². The number of aryl methyl sites for hydroxylation is 1. The first kappa shape index (κ1) is 21.8. The molecule has 6 nitrogen and oxygen atoms in total. The van der Waals surface area contributed by atoms with Gasteiger partial charge >= 0.3 is 0 Å². The van der Waals surface area contributed by atoms with Gasteiger partial charge in [0.2, 0.25) is 0 Å². The lowest BCUT2D eigenvalue weighted by Crippen LogP contribution is -2.23. The predicted octanol–water partition coefficient (Wildman–Crippen LogP) is 4.22. The Morgan fingerprint density at radius 1 is 1.24 bits per heavy atom. The second-order valence-corrected chi connectivity index (χ2v) is 8.60. The van der Waals surface area contributed by atoms with E-state index in [2.05, 4.69) is 25.5 Å². The van der Waals surface area contributed by atoms with E-state index in [1.165, 1.54) is 11.8 Å². The highest BCUT2D eigenvalue weighted by Gasteiger charge is 2.18. The Labute approximate surface area is 182 Å². The average Bonchev–Trinajstić information content (AvgIpc) is 2.99. The van der Waals surface area contributed by atoms with Crippen LogP contribution < -0.4 is 5.56 Å². The topological polar surface area (TPSA) is 66.1 Å². The normalized spacial score (nSPS) is 11.3. The molecule has 0 spiro atoms. The Balaban J connectivity index is 1.86. The van der Waals surface area contributed by atoms with E-state index in [-0.39, 0.29) is 17.1 Å². The lowest BCUT2D eigenvalue weighted by molar-refractivity contribution is 0.102. The lowest BCUT2D eigenvalue weighted by atomic mass is 10.2. The van der Waals surface area contributed by atoms with Crippen molar-refractivity contribution in [3.8, 4) is 0 Å². The maximum absolute atomic E-state index is 12.9. The largest absolute Gasteiger partial charge is 0.383 e. The first-order valence-corrected chi connectivity index (χ1v) is 11.2. The van der Waals surface area contributed by atoms with E-state index in [1.807, 2.05) is 39.0 Å². The molecule has 0 saturated carbocycles. The van der Waals surface area contributed by atoms with Gasteiger partial charge < -0.3 is 9.30 Å². The molecule has 0 amide bonds. The van der Waals surface area contributed by atoms with Crippen LogP contribution in [0.1, 0.15) is 28.7 Å². The molecule has 0 fully saturated rings. The van der Waals surface area contributed by atoms with E-state index in [9.17, 15) is 9.59 Å². The van der Waals surface area contributed by atoms with Crippen molar-refractivity contribution in [3.05, 3.63) is 56.0 Å². The number of benzene rings is 1. The number of aromatic nitrogens is 3. The van der Waals surface area contributed by atoms with Crippen molar-refractivity contribution in [2.75, 3.05) is 19.5 Å². The van der Waals surface area contributed by atoms with Crippen molar-refractivity contribution in [3.63, 3.8) is 0 Å². The van der Waals surface area contributed by atoms with E-state index in [0.717, 1.165) is 15.9 Å². The number of hydrogen-bond donors (Lipinski definition) is 0. The van der Waals surface area contributed by atoms with Crippen LogP contribution in [0, 0.1) is 13.8 Å². The van der Waals surface area contributed by atoms with E-state index >= 15 is 0 Å². The van der Waals surface area contributed by atoms with Crippen molar-refractivity contribution in [1.29, 1.82) is 0 Å². The molecule has 0 atom stereocenters. The van der Waals surface area contributed by atoms with Gasteiger partial charge in [0.25, 0.3) is 5.56 Å². The Hall–Kier alpha value is -1.90. The van der Waals surface area contributed by atoms with E-state index < -0.39 is 0 Å². The van der Waals surface area contributed by atoms with E-state index in [4.69, 9.17) is 4.74 Å². The summed E-state index contributed by atoms with van der Waals surface area (Å²) < 4.78 is 9.71. The minimum atomic E-state index is -0.0912. The fourth-order valence-electron chi connectivity index (χ4n) is 3.38. The van der Waals surface area contributed by atoms with Crippen molar-refractivity contribution < 1.29 is 9.53 Å². The average molecular weight is 478 g/mol. The number of nitrogens with zero attached hydrogens (tertiary/aromatic N) is 3. The highest BCUT2D eigenvalue weighted by Crippen LogP contribution is 2.23. The maximum Gasteiger partial charge on any atom is 0.262 e. The third-order valence-corrected chi connectivity index (χ3v) is 6.39. The highest BCUT2D eigenvalue weighted by molar-refractivity contribution is 9.10. The molecule has 0 saturated heterocycles. The van der Waals surface area contributed by atoms with Crippen LogP contribution >= 0.6 is 27.7 Å². The molecule has 8 heteroatoms. The van der Waals surface area contributed by atoms with Gasteiger partial charge in [0.05, 0.1) is 23.3 Å². The predicted molar refractivity (Wildman–Crippen MR) is 120 cm³/mol. The van der Waals surface area contributed by atoms with Crippen molar-refractivity contribution in [2.45, 2.75) is 39.0 Å². The Bertz CT molecular complexity index is 1120. The number of Topliss-reactive ketones (excluding diaryl/α,β-unsaturated/α-hetero) is 1. The third-order valence-electron chi connectivity index (χ3n) is 4.92. The molecule has 3 rings (SSSR count). The summed E-state index contributed by atoms with van der Waals surface area (Å²) in [5.74, 6) is 0.253. The molecule has 154 valence electrons. The number of rotatable bonds is 8. The summed E-state index contributed by atoms with van der Waals surface area (Å²) in [6, 6.07) is 7.38. The van der Waals surface area contributed by atoms with Crippen molar-refractivity contribution in [2.24, 2.45) is 0 Å². The molecule has 0 unspecified atom stereocenters. The summed E-state index contributed by atoms with van der Waals surface area (Å²) in [7, 11) is 1.67. The molecular weight excluding hydrogens is 454 g/mol. The fraction of sp³-hybridized carbons (Fsp3) is 0.381. The first-order chi connectivity index (χ1) is 13.9. The van der Waals surface area contributed by atoms with Crippen LogP contribution in [-0.2, 0) is 17.8 Å². The van der Waals surface area contributed by atoms with E-state index in [1.54, 1.807) is 17.7 Å². The summed E-state index contributed by atoms with van der Waals surface area (Å²) in [6.45, 7) is 7.65. The van der Waals surface area contributed by atoms with Crippen LogP contribution in [0.25, 0.3) is 10.9 Å². The van der Waals surface area contributed by atoms with E-state index in [0.29, 0.717) is 41.3 Å². The van der Waals surface area contributed by atoms with Crippen LogP contribution in [0.5, 0.6) is 0 Å². The molecule has 0 aliphatic carbocycles. The number of thioether (sulfide) groups is 1. The summed E-state index contributed by atoms with van der Waals surface area (Å²) in [4.78, 5) is 30.4. The minimum Gasteiger partial charge on any atom is -0.383 e. The van der Waals surface area contributed by atoms with Gasteiger partial charge in [0.1, 0.15) is 0 Å². The first-order valence-electron chi connectivity index (χ1n) is 9.39. The van der Waals surface area contributed by atoms with Crippen LogP contribution in [0.4, 0.5) is 0 Å². The third kappa shape index (κ3) is 4.49. The number of halogens is 1. The molecule has 0 aliphatic heterocycles. The molecule has 3 aromatic rings. The number of hydrogen-bond acceptors (Lipinski definition) is 5. The van der Waals surface area contributed by atoms with Gasteiger partial charge in [-0.15, -0.1) is 0 Å². The lowest BCUT2D eigenvalue weighted by Gasteiger charge is -2.11. The summed E-state index contributed by atoms with van der Waals surface area (Å²) in [6.07, 6.45) is 0. The highest BCUT2D eigenvalue weighted by atomic mass is 79.9. The number of ether oxygens (including phenoxy) is 1. The van der Waals surface area contributed by atoms with Crippen LogP contribution in [0.3, 0.4) is 0 Å². The zero-order valence-corrected chi connectivity index (χ0v) is 19.4. The van der Waals surface area contributed by atoms with Gasteiger partial charge in [-0.25, -0.2) is 4.98 Å². The monoisotopic (exact) mass is 477 g/mol. The zero-order chi connectivity index (χ0) is 21.1. The summed E-state index contributed by atoms with van der Waals surface area (Å²) >= 11 is 4.71. The quantitative estimate of drug-likeness (QED) is 0.276. The number of carbonyl (C=O) groups is 1. The van der Waals surface area contributed by atoms with Gasteiger partial charge in [-0.1, -0.05) is 27.7 Å². The Morgan fingerprint density at radius 2 is 2.00 bits per heavy atom. The zero-order valence-electron chi connectivity index (χ0n) is 17.0. The van der Waals surface area contributed by atoms with Crippen LogP contribution in [-0.4, -0.2) is 39.4 Å². The van der Waals surface area contributed by atoms with Crippen LogP contribution in [0.15, 0.2) is 38.7 Å². The van der Waals surface area contributed by atoms with Gasteiger partial charge in [-0.2, -0.15) is 0 Å². The van der Waals surface area contributed by atoms with Gasteiger partial charge in [0.15, 0.2) is 10.9 Å². The number of ketones is 1. The molecule has 2 aromatic heterocycles. The molecule has 0 radical (unpaired) electrons. The molecule has 29 heavy (non-hydrogen) atoms. The van der Waals surface area contributed by atoms with Crippen LogP contribution in [0.2, 0.25) is 0 Å². The molecule has 0 bridgehead atoms. The molecular formula is C21H24BrN3O3S. The molecule has 1 aromatic carbocycles. The van der Waals surface area contributed by atoms with Crippen molar-refractivity contribution in [1.82, 2.24) is 14.1 Å². The number of carbonyl (C=O) groups excluding carboxylic acids is 1. The minimum absolute atomic E-state index is 0.0274. The SMILES string of the molecule is CCn1c(SCC(=O)c2cc(C)n(CCOC)c2C)nc2ccc(Br)cc2c1=O. The van der Waals surface area contributed by atoms with Gasteiger partial charge in [-0.05, 0) is 45.0 Å². The summed E-state index contributed by atoms with van der Waals surface area (Å²) in [5.41, 5.74) is 3.23. The second kappa shape index (κ2) is 9.28. The summed E-state index contributed by atoms with van der Waals surface area (Å²) in [5, 5.41) is 1.13. The molecule has 0 aliphatic rings. The second-order valence-electron chi connectivity index (χ2n) is 6.75. The Kier molecular flexibility index (Phi) is 6.97. The molecule has 2 heterocycles.